The maximum Gasteiger partial charge on any atom is 0.229 e. The van der Waals surface area contributed by atoms with E-state index in [1.807, 2.05) is 26.0 Å². The van der Waals surface area contributed by atoms with Gasteiger partial charge in [-0.15, -0.1) is 0 Å². The molecule has 0 radical (unpaired) electrons. The van der Waals surface area contributed by atoms with Gasteiger partial charge in [0, 0.05) is 41.2 Å². The number of fused-ring (bicyclic) bond motifs is 1. The number of allylic oxidation sites excluding steroid dienone is 3. The minimum atomic E-state index is -3.31. The summed E-state index contributed by atoms with van der Waals surface area (Å²) in [6.45, 7) is 5.86. The van der Waals surface area contributed by atoms with Gasteiger partial charge in [0.25, 0.3) is 0 Å². The molecule has 1 aliphatic carbocycles. The number of Topliss-reactive ketones (excluding diaryl/α,β-unsaturated/α-hetero) is 1. The number of nitrogen functional groups attached to an aromatic ring is 1. The third-order valence-corrected chi connectivity index (χ3v) is 6.74. The van der Waals surface area contributed by atoms with Crippen molar-refractivity contribution in [1.29, 1.82) is 0 Å². The van der Waals surface area contributed by atoms with Gasteiger partial charge in [0.1, 0.15) is 5.82 Å². The zero-order valence-electron chi connectivity index (χ0n) is 20.4. The van der Waals surface area contributed by atoms with Gasteiger partial charge in [0.2, 0.25) is 10.0 Å². The van der Waals surface area contributed by atoms with Crippen molar-refractivity contribution in [2.45, 2.75) is 40.0 Å². The summed E-state index contributed by atoms with van der Waals surface area (Å²) in [6.07, 6.45) is 7.23. The van der Waals surface area contributed by atoms with E-state index in [1.54, 1.807) is 18.2 Å². The molecule has 0 amide bonds. The summed E-state index contributed by atoms with van der Waals surface area (Å²) in [7, 11) is -3.31. The lowest BCUT2D eigenvalue weighted by atomic mass is 9.98. The van der Waals surface area contributed by atoms with Gasteiger partial charge in [0.15, 0.2) is 5.78 Å². The van der Waals surface area contributed by atoms with Crippen molar-refractivity contribution in [2.24, 2.45) is 0 Å². The molecule has 0 fully saturated rings. The second-order valence-corrected chi connectivity index (χ2v) is 10.9. The molecule has 2 heterocycles. The number of aromatic amines is 1. The molecule has 4 N–H and O–H groups in total. The largest absolute Gasteiger partial charge is 0.384 e. The highest BCUT2D eigenvalue weighted by Gasteiger charge is 2.16. The summed E-state index contributed by atoms with van der Waals surface area (Å²) in [5, 5.41) is 0. The molecule has 35 heavy (non-hydrogen) atoms. The third kappa shape index (κ3) is 5.89. The van der Waals surface area contributed by atoms with Crippen LogP contribution in [0.2, 0.25) is 0 Å². The van der Waals surface area contributed by atoms with Crippen molar-refractivity contribution in [2.75, 3.05) is 16.7 Å². The fraction of sp³-hybridized carbons (Fsp3) is 0.259. The van der Waals surface area contributed by atoms with Gasteiger partial charge in [-0.2, -0.15) is 0 Å². The Labute approximate surface area is 206 Å². The van der Waals surface area contributed by atoms with Crippen molar-refractivity contribution < 1.29 is 13.2 Å². The molecule has 4 rings (SSSR count). The number of rotatable bonds is 7. The molecule has 7 nitrogen and oxygen atoms in total. The van der Waals surface area contributed by atoms with Gasteiger partial charge in [-0.05, 0) is 79.8 Å². The fourth-order valence-electron chi connectivity index (χ4n) is 4.35. The highest BCUT2D eigenvalue weighted by atomic mass is 32.2. The Balaban J connectivity index is 1.54. The highest BCUT2D eigenvalue weighted by Crippen LogP contribution is 2.30. The summed E-state index contributed by atoms with van der Waals surface area (Å²) in [5.74, 6) is 0.430. The van der Waals surface area contributed by atoms with E-state index in [9.17, 15) is 13.2 Å². The number of benzene rings is 1. The predicted octanol–water partition coefficient (Wildman–Crippen LogP) is 5.20. The number of aryl methyl sites for hydroxylation is 1. The number of ketones is 1. The van der Waals surface area contributed by atoms with Crippen LogP contribution in [0.3, 0.4) is 0 Å². The number of hydrogen-bond acceptors (Lipinski definition) is 5. The van der Waals surface area contributed by atoms with Crippen LogP contribution in [0, 0.1) is 13.8 Å². The molecule has 0 unspecified atom stereocenters. The Morgan fingerprint density at radius 3 is 2.51 bits per heavy atom. The van der Waals surface area contributed by atoms with Crippen LogP contribution in [-0.4, -0.2) is 30.4 Å². The molecule has 0 aliphatic heterocycles. The van der Waals surface area contributed by atoms with Crippen LogP contribution in [-0.2, 0) is 16.4 Å². The van der Waals surface area contributed by atoms with Crippen LogP contribution < -0.4 is 10.5 Å². The number of carbonyl (C=O) groups excluding carboxylic acids is 1. The van der Waals surface area contributed by atoms with Gasteiger partial charge >= 0.3 is 0 Å². The van der Waals surface area contributed by atoms with Crippen molar-refractivity contribution in [3.63, 3.8) is 0 Å². The van der Waals surface area contributed by atoms with Crippen LogP contribution in [0.1, 0.15) is 52.6 Å². The highest BCUT2D eigenvalue weighted by molar-refractivity contribution is 7.92. The Hall–Kier alpha value is -3.65. The summed E-state index contributed by atoms with van der Waals surface area (Å²) in [5.41, 5.74) is 15.1. The normalized spacial score (nSPS) is 13.5. The van der Waals surface area contributed by atoms with E-state index < -0.39 is 10.0 Å². The maximum atomic E-state index is 12.9. The smallest absolute Gasteiger partial charge is 0.229 e. The van der Waals surface area contributed by atoms with Crippen LogP contribution in [0.15, 0.2) is 53.6 Å². The molecule has 0 spiro atoms. The predicted molar refractivity (Wildman–Crippen MR) is 142 cm³/mol. The van der Waals surface area contributed by atoms with Gasteiger partial charge in [-0.25, -0.2) is 13.4 Å². The van der Waals surface area contributed by atoms with E-state index in [-0.39, 0.29) is 5.78 Å². The average Bonchev–Trinajstić information content (AvgIpc) is 3.08. The molecule has 2 aromatic heterocycles. The number of pyridine rings is 1. The molecular weight excluding hydrogens is 460 g/mol. The molecule has 182 valence electrons. The van der Waals surface area contributed by atoms with Gasteiger partial charge in [0.05, 0.1) is 6.26 Å². The molecule has 1 aliphatic rings. The lowest BCUT2D eigenvalue weighted by molar-refractivity contribution is 0.0982. The number of H-pyrrole nitrogens is 1. The Bertz CT molecular complexity index is 1460. The molecule has 8 heteroatoms. The minimum Gasteiger partial charge on any atom is -0.384 e. The molecule has 0 bridgehead atoms. The lowest BCUT2D eigenvalue weighted by Gasteiger charge is -2.09. The van der Waals surface area contributed by atoms with Crippen LogP contribution in [0.4, 0.5) is 11.5 Å². The quantitative estimate of drug-likeness (QED) is 0.394. The first-order valence-corrected chi connectivity index (χ1v) is 13.3. The fourth-order valence-corrected chi connectivity index (χ4v) is 4.92. The number of carbonyl (C=O) groups is 1. The summed E-state index contributed by atoms with van der Waals surface area (Å²) < 4.78 is 25.4. The first-order valence-electron chi connectivity index (χ1n) is 11.4. The molecule has 0 saturated heterocycles. The monoisotopic (exact) mass is 490 g/mol. The number of anilines is 2. The summed E-state index contributed by atoms with van der Waals surface area (Å²) >= 11 is 0. The summed E-state index contributed by atoms with van der Waals surface area (Å²) in [6, 6.07) is 11.0. The summed E-state index contributed by atoms with van der Waals surface area (Å²) in [4.78, 5) is 20.7. The van der Waals surface area contributed by atoms with Gasteiger partial charge < -0.3 is 10.7 Å². The van der Waals surface area contributed by atoms with Crippen molar-refractivity contribution in [3.05, 3.63) is 81.7 Å². The first kappa shape index (κ1) is 24.5. The first-order chi connectivity index (χ1) is 16.5. The number of nitrogens with one attached hydrogen (secondary N) is 2. The minimum absolute atomic E-state index is 0.0636. The van der Waals surface area contributed by atoms with E-state index in [1.165, 1.54) is 5.57 Å². The Morgan fingerprint density at radius 1 is 1.11 bits per heavy atom. The number of nitrogens with two attached hydrogens (primary N) is 1. The van der Waals surface area contributed by atoms with E-state index in [2.05, 4.69) is 39.8 Å². The number of aromatic nitrogens is 2. The van der Waals surface area contributed by atoms with Crippen LogP contribution >= 0.6 is 0 Å². The molecule has 0 saturated carbocycles. The van der Waals surface area contributed by atoms with Gasteiger partial charge in [-0.1, -0.05) is 23.8 Å². The maximum absolute atomic E-state index is 12.9. The van der Waals surface area contributed by atoms with Crippen molar-refractivity contribution in [3.8, 4) is 11.3 Å². The average molecular weight is 491 g/mol. The van der Waals surface area contributed by atoms with Crippen LogP contribution in [0.5, 0.6) is 0 Å². The van der Waals surface area contributed by atoms with E-state index >= 15 is 0 Å². The SMILES string of the molecule is CC1=CC(CCC(=O)c2cc(N)nc(C)c2C)=Cc2cc(-c3ccc(NS(C)(=O)=O)cc3)[nH]c2C1. The molecule has 3 aromatic rings. The lowest BCUT2D eigenvalue weighted by Crippen LogP contribution is -2.09. The third-order valence-electron chi connectivity index (χ3n) is 6.14. The van der Waals surface area contributed by atoms with Crippen LogP contribution in [0.25, 0.3) is 17.3 Å². The van der Waals surface area contributed by atoms with Crippen molar-refractivity contribution in [1.82, 2.24) is 9.97 Å². The standard InChI is InChI=1S/C27H30N4O3S/c1-16-11-19(5-10-26(32)23-15-27(28)29-18(3)17(23)2)13-21-14-25(30-24(21)12-16)20-6-8-22(9-7-20)31-35(4,33)34/h6-9,11,13-15,30-31H,5,10,12H2,1-4H3,(H2,28,29). The second-order valence-electron chi connectivity index (χ2n) is 9.18. The number of sulfonamides is 1. The molecule has 0 atom stereocenters. The zero-order valence-corrected chi connectivity index (χ0v) is 21.2. The molecular formula is C27H30N4O3S. The zero-order chi connectivity index (χ0) is 25.3. The van der Waals surface area contributed by atoms with E-state index in [0.29, 0.717) is 29.9 Å². The number of hydrogen-bond donors (Lipinski definition) is 3. The number of nitrogens with zero attached hydrogens (tertiary/aromatic N) is 1. The Morgan fingerprint density at radius 2 is 1.83 bits per heavy atom. The van der Waals surface area contributed by atoms with E-state index in [0.717, 1.165) is 52.0 Å². The van der Waals surface area contributed by atoms with E-state index in [4.69, 9.17) is 5.73 Å². The van der Waals surface area contributed by atoms with Crippen molar-refractivity contribution >= 4 is 33.4 Å². The second kappa shape index (κ2) is 9.54. The molecule has 1 aromatic carbocycles. The van der Waals surface area contributed by atoms with Gasteiger partial charge in [-0.3, -0.25) is 9.52 Å². The Kier molecular flexibility index (Phi) is 6.67. The topological polar surface area (TPSA) is 118 Å².